The molecule has 1 aromatic carbocycles. The van der Waals surface area contributed by atoms with Gasteiger partial charge in [-0.2, -0.15) is 5.10 Å². The summed E-state index contributed by atoms with van der Waals surface area (Å²) < 4.78 is 42.5. The third-order valence-corrected chi connectivity index (χ3v) is 6.43. The van der Waals surface area contributed by atoms with Gasteiger partial charge in [0.1, 0.15) is 11.6 Å². The van der Waals surface area contributed by atoms with Gasteiger partial charge in [0, 0.05) is 49.1 Å². The lowest BCUT2D eigenvalue weighted by Gasteiger charge is -2.26. The molecule has 1 saturated heterocycles. The number of pyridine rings is 1. The molecule has 0 unspecified atom stereocenters. The number of hydrogen-bond acceptors (Lipinski definition) is 6. The molecule has 0 aliphatic carbocycles. The molecule has 0 saturated carbocycles. The molecule has 1 aliphatic rings. The molecule has 33 heavy (non-hydrogen) atoms. The maximum atomic E-state index is 14.9. The van der Waals surface area contributed by atoms with Crippen LogP contribution in [-0.4, -0.2) is 53.3 Å². The molecule has 176 valence electrons. The van der Waals surface area contributed by atoms with Gasteiger partial charge in [-0.1, -0.05) is 18.2 Å². The van der Waals surface area contributed by atoms with Crippen molar-refractivity contribution in [1.29, 1.82) is 0 Å². The van der Waals surface area contributed by atoms with E-state index in [2.05, 4.69) is 37.3 Å². The fourth-order valence-corrected chi connectivity index (χ4v) is 4.38. The minimum Gasteiger partial charge on any atom is -0.361 e. The van der Waals surface area contributed by atoms with Crippen molar-refractivity contribution in [2.75, 3.05) is 37.4 Å². The van der Waals surface area contributed by atoms with Crippen molar-refractivity contribution in [2.24, 2.45) is 0 Å². The normalized spacial score (nSPS) is 18.0. The number of likely N-dealkylation sites (N-methyl/N-ethyl adjacent to an activating group) is 2. The van der Waals surface area contributed by atoms with Gasteiger partial charge in [-0.05, 0) is 39.9 Å². The van der Waals surface area contributed by atoms with E-state index in [1.54, 1.807) is 13.1 Å². The van der Waals surface area contributed by atoms with Crippen molar-refractivity contribution >= 4 is 22.4 Å². The summed E-state index contributed by atoms with van der Waals surface area (Å²) in [5, 5.41) is 13.3. The predicted octanol–water partition coefficient (Wildman–Crippen LogP) is 4.90. The number of hydrogen-bond donors (Lipinski definition) is 1. The largest absolute Gasteiger partial charge is 0.361 e. The summed E-state index contributed by atoms with van der Waals surface area (Å²) in [7, 11) is 4.13. The lowest BCUT2D eigenvalue weighted by Crippen LogP contribution is -2.34. The van der Waals surface area contributed by atoms with E-state index in [0.717, 1.165) is 47.9 Å². The van der Waals surface area contributed by atoms with Crippen LogP contribution >= 0.6 is 0 Å². The minimum absolute atomic E-state index is 0.143. The smallest absolute Gasteiger partial charge is 0.273 e. The number of nitrogens with zero attached hydrogens (tertiary/aromatic N) is 5. The highest BCUT2D eigenvalue weighted by Gasteiger charge is 2.30. The summed E-state index contributed by atoms with van der Waals surface area (Å²) >= 11 is 0. The Labute approximate surface area is 191 Å². The summed E-state index contributed by atoms with van der Waals surface area (Å²) in [4.78, 5) is 9.09. The molecule has 0 amide bonds. The highest BCUT2D eigenvalue weighted by molar-refractivity contribution is 5.94. The Morgan fingerprint density at radius 3 is 2.67 bits per heavy atom. The van der Waals surface area contributed by atoms with Gasteiger partial charge in [0.2, 0.25) is 0 Å². The molecular formula is C24H29F3N6. The highest BCUT2D eigenvalue weighted by Crippen LogP contribution is 2.34. The number of nitrogens with one attached hydrogen (secondary N) is 1. The molecule has 0 radical (unpaired) electrons. The summed E-state index contributed by atoms with van der Waals surface area (Å²) in [5.41, 5.74) is 0.248. The van der Waals surface area contributed by atoms with E-state index in [-0.39, 0.29) is 5.56 Å². The Morgan fingerprint density at radius 2 is 2.00 bits per heavy atom. The van der Waals surface area contributed by atoms with Crippen LogP contribution in [0, 0.1) is 12.7 Å². The van der Waals surface area contributed by atoms with Gasteiger partial charge in [-0.3, -0.25) is 0 Å². The van der Waals surface area contributed by atoms with Crippen molar-refractivity contribution in [3.8, 4) is 0 Å². The van der Waals surface area contributed by atoms with E-state index in [0.29, 0.717) is 18.8 Å². The number of halogens is 3. The minimum atomic E-state index is -3.27. The molecule has 1 N–H and O–H groups in total. The van der Waals surface area contributed by atoms with E-state index in [1.165, 1.54) is 12.1 Å². The third kappa shape index (κ3) is 4.59. The summed E-state index contributed by atoms with van der Waals surface area (Å²) in [6.45, 7) is 6.26. The van der Waals surface area contributed by atoms with Crippen LogP contribution in [-0.2, 0) is 5.92 Å². The molecule has 4 rings (SSSR count). The number of anilines is 2. The lowest BCUT2D eigenvalue weighted by molar-refractivity contribution is 0.0136. The average Bonchev–Trinajstić information content (AvgIpc) is 3.20. The lowest BCUT2D eigenvalue weighted by atomic mass is 10.0. The van der Waals surface area contributed by atoms with Gasteiger partial charge in [-0.25, -0.2) is 18.2 Å². The zero-order chi connectivity index (χ0) is 23.9. The van der Waals surface area contributed by atoms with Crippen LogP contribution in [0.4, 0.5) is 24.8 Å². The Hall–Kier alpha value is -2.94. The Kier molecular flexibility index (Phi) is 6.18. The van der Waals surface area contributed by atoms with Gasteiger partial charge >= 0.3 is 0 Å². The topological polar surface area (TPSA) is 57.2 Å². The van der Waals surface area contributed by atoms with Crippen LogP contribution in [0.2, 0.25) is 0 Å². The van der Waals surface area contributed by atoms with Crippen LogP contribution in [0.1, 0.15) is 43.1 Å². The van der Waals surface area contributed by atoms with E-state index in [9.17, 15) is 13.2 Å². The second kappa shape index (κ2) is 8.78. The first kappa shape index (κ1) is 23.2. The molecule has 6 nitrogen and oxygen atoms in total. The van der Waals surface area contributed by atoms with E-state index >= 15 is 0 Å². The Bertz CT molecular complexity index is 1160. The molecule has 1 aliphatic heterocycles. The standard InChI is InChI=1S/C24H29F3N6/c1-14(17-7-6-8-20(22(17)25)24(3,26)27)29-23-18-11-21(28-12-19(18)15(2)30-31-23)33(5)16-9-10-32(4)13-16/h6-8,11-12,14,16H,9-10,13H2,1-5H3,(H,29,31)/t14-,16+/m1/s1. The number of likely N-dealkylation sites (tertiary alicyclic amines) is 1. The first-order chi connectivity index (χ1) is 15.6. The van der Waals surface area contributed by atoms with Crippen molar-refractivity contribution in [3.63, 3.8) is 0 Å². The molecular weight excluding hydrogens is 429 g/mol. The van der Waals surface area contributed by atoms with E-state index < -0.39 is 23.3 Å². The maximum absolute atomic E-state index is 14.9. The molecule has 3 aromatic rings. The molecule has 9 heteroatoms. The summed E-state index contributed by atoms with van der Waals surface area (Å²) in [6.07, 6.45) is 2.83. The van der Waals surface area contributed by atoms with E-state index in [4.69, 9.17) is 0 Å². The van der Waals surface area contributed by atoms with E-state index in [1.807, 2.05) is 20.0 Å². The maximum Gasteiger partial charge on any atom is 0.273 e. The molecule has 0 spiro atoms. The average molecular weight is 459 g/mol. The van der Waals surface area contributed by atoms with Crippen molar-refractivity contribution in [1.82, 2.24) is 20.1 Å². The van der Waals surface area contributed by atoms with Gasteiger partial charge in [0.25, 0.3) is 5.92 Å². The fraction of sp³-hybridized carbons (Fsp3) is 0.458. The number of aryl methyl sites for hydroxylation is 1. The first-order valence-corrected chi connectivity index (χ1v) is 11.0. The second-order valence-corrected chi connectivity index (χ2v) is 9.00. The molecule has 1 fully saturated rings. The van der Waals surface area contributed by atoms with Crippen LogP contribution in [0.25, 0.3) is 10.8 Å². The SMILES string of the molecule is Cc1nnc(N[C@H](C)c2cccc(C(C)(F)F)c2F)c2cc(N(C)[C@H]3CCN(C)C3)ncc12. The number of benzene rings is 1. The molecule has 2 atom stereocenters. The first-order valence-electron chi connectivity index (χ1n) is 11.0. The Morgan fingerprint density at radius 1 is 1.24 bits per heavy atom. The second-order valence-electron chi connectivity index (χ2n) is 9.00. The molecule has 2 aromatic heterocycles. The van der Waals surface area contributed by atoms with Gasteiger partial charge in [0.15, 0.2) is 5.82 Å². The summed E-state index contributed by atoms with van der Waals surface area (Å²) in [6, 6.07) is 5.77. The van der Waals surface area contributed by atoms with Crippen LogP contribution < -0.4 is 10.2 Å². The van der Waals surface area contributed by atoms with Crippen LogP contribution in [0.5, 0.6) is 0 Å². The monoisotopic (exact) mass is 458 g/mol. The van der Waals surface area contributed by atoms with Crippen LogP contribution in [0.3, 0.4) is 0 Å². The predicted molar refractivity (Wildman–Crippen MR) is 124 cm³/mol. The molecule has 3 heterocycles. The van der Waals surface area contributed by atoms with Crippen molar-refractivity contribution < 1.29 is 13.2 Å². The fourth-order valence-electron chi connectivity index (χ4n) is 4.38. The van der Waals surface area contributed by atoms with Gasteiger partial charge in [0.05, 0.1) is 17.3 Å². The number of aromatic nitrogens is 3. The third-order valence-electron chi connectivity index (χ3n) is 6.43. The number of rotatable bonds is 6. The van der Waals surface area contributed by atoms with Gasteiger partial charge < -0.3 is 15.1 Å². The quantitative estimate of drug-likeness (QED) is 0.567. The van der Waals surface area contributed by atoms with Crippen molar-refractivity contribution in [2.45, 2.75) is 45.2 Å². The zero-order valence-corrected chi connectivity index (χ0v) is 19.5. The zero-order valence-electron chi connectivity index (χ0n) is 19.5. The number of alkyl halides is 2. The summed E-state index contributed by atoms with van der Waals surface area (Å²) in [5.74, 6) is -2.92. The Balaban J connectivity index is 1.69. The van der Waals surface area contributed by atoms with Gasteiger partial charge in [-0.15, -0.1) is 5.10 Å². The molecule has 0 bridgehead atoms. The van der Waals surface area contributed by atoms with Crippen LogP contribution in [0.15, 0.2) is 30.5 Å². The highest BCUT2D eigenvalue weighted by atomic mass is 19.3. The van der Waals surface area contributed by atoms with Crippen molar-refractivity contribution in [3.05, 3.63) is 53.1 Å². The number of fused-ring (bicyclic) bond motifs is 1.